The third-order valence-electron chi connectivity index (χ3n) is 3.12. The molecule has 0 amide bonds. The zero-order valence-corrected chi connectivity index (χ0v) is 11.1. The molecule has 2 aromatic heterocycles. The van der Waals surface area contributed by atoms with E-state index in [0.717, 1.165) is 0 Å². The number of hydrogen-bond donors (Lipinski definition) is 0. The summed E-state index contributed by atoms with van der Waals surface area (Å²) in [6.45, 7) is 0.489. The molecule has 3 aromatic rings. The fourth-order valence-corrected chi connectivity index (χ4v) is 2.11. The highest BCUT2D eigenvalue weighted by Gasteiger charge is 2.17. The van der Waals surface area contributed by atoms with Crippen molar-refractivity contribution in [2.75, 3.05) is 0 Å². The van der Waals surface area contributed by atoms with Crippen LogP contribution in [-0.4, -0.2) is 25.3 Å². The summed E-state index contributed by atoms with van der Waals surface area (Å²) < 4.78 is 1.75. The minimum Gasteiger partial charge on any atom is -0.314 e. The van der Waals surface area contributed by atoms with E-state index in [4.69, 9.17) is 5.26 Å². The SMILES string of the molecule is N#CCCn1cnc2c(C(=O)c3ccccc3)ncnc21. The van der Waals surface area contributed by atoms with Crippen molar-refractivity contribution in [2.24, 2.45) is 0 Å². The van der Waals surface area contributed by atoms with E-state index in [0.29, 0.717) is 29.7 Å². The molecule has 0 aliphatic heterocycles. The first kappa shape index (κ1) is 12.9. The van der Waals surface area contributed by atoms with E-state index < -0.39 is 0 Å². The van der Waals surface area contributed by atoms with Crippen molar-refractivity contribution in [2.45, 2.75) is 13.0 Å². The maximum atomic E-state index is 12.5. The van der Waals surface area contributed by atoms with Gasteiger partial charge in [-0.25, -0.2) is 15.0 Å². The van der Waals surface area contributed by atoms with Crippen LogP contribution in [0.25, 0.3) is 11.2 Å². The topological polar surface area (TPSA) is 84.5 Å². The number of imidazole rings is 1. The number of aryl methyl sites for hydroxylation is 1. The molecule has 1 aromatic carbocycles. The molecule has 0 unspecified atom stereocenters. The molecule has 0 radical (unpaired) electrons. The number of aromatic nitrogens is 4. The first-order chi connectivity index (χ1) is 10.3. The molecule has 21 heavy (non-hydrogen) atoms. The van der Waals surface area contributed by atoms with Crippen molar-refractivity contribution in [1.82, 2.24) is 19.5 Å². The third kappa shape index (κ3) is 2.37. The van der Waals surface area contributed by atoms with Crippen molar-refractivity contribution in [3.8, 4) is 6.07 Å². The van der Waals surface area contributed by atoms with Crippen LogP contribution >= 0.6 is 0 Å². The molecular weight excluding hydrogens is 266 g/mol. The maximum Gasteiger partial charge on any atom is 0.213 e. The molecule has 102 valence electrons. The van der Waals surface area contributed by atoms with Crippen molar-refractivity contribution in [3.05, 3.63) is 54.2 Å². The van der Waals surface area contributed by atoms with Crippen LogP contribution in [0, 0.1) is 11.3 Å². The van der Waals surface area contributed by atoms with Crippen molar-refractivity contribution >= 4 is 16.9 Å². The van der Waals surface area contributed by atoms with Crippen molar-refractivity contribution in [3.63, 3.8) is 0 Å². The van der Waals surface area contributed by atoms with Gasteiger partial charge < -0.3 is 4.57 Å². The molecule has 0 N–H and O–H groups in total. The first-order valence-corrected chi connectivity index (χ1v) is 6.44. The Morgan fingerprint density at radius 1 is 1.19 bits per heavy atom. The Morgan fingerprint density at radius 2 is 2.00 bits per heavy atom. The number of carbonyl (C=O) groups is 1. The summed E-state index contributed by atoms with van der Waals surface area (Å²) in [5, 5.41) is 8.66. The number of nitrogens with zero attached hydrogens (tertiary/aromatic N) is 5. The highest BCUT2D eigenvalue weighted by atomic mass is 16.1. The monoisotopic (exact) mass is 277 g/mol. The molecule has 0 saturated heterocycles. The molecule has 0 fully saturated rings. The van der Waals surface area contributed by atoms with Gasteiger partial charge in [0.2, 0.25) is 5.78 Å². The van der Waals surface area contributed by atoms with Gasteiger partial charge in [0, 0.05) is 12.1 Å². The highest BCUT2D eigenvalue weighted by Crippen LogP contribution is 2.16. The van der Waals surface area contributed by atoms with Gasteiger partial charge in [0.25, 0.3) is 0 Å². The lowest BCUT2D eigenvalue weighted by Gasteiger charge is -2.02. The minimum atomic E-state index is -0.187. The van der Waals surface area contributed by atoms with Crippen LogP contribution in [0.5, 0.6) is 0 Å². The van der Waals surface area contributed by atoms with Crippen LogP contribution in [0.3, 0.4) is 0 Å². The standard InChI is InChI=1S/C15H11N5O/c16-7-4-8-20-10-19-13-12(17-9-18-15(13)20)14(21)11-5-2-1-3-6-11/h1-3,5-6,9-10H,4,8H2. The predicted molar refractivity (Wildman–Crippen MR) is 75.4 cm³/mol. The number of nitriles is 1. The van der Waals surface area contributed by atoms with Crippen LogP contribution in [0.2, 0.25) is 0 Å². The second-order valence-corrected chi connectivity index (χ2v) is 4.44. The fourth-order valence-electron chi connectivity index (χ4n) is 2.11. The average molecular weight is 277 g/mol. The summed E-state index contributed by atoms with van der Waals surface area (Å²) in [5.74, 6) is -0.187. The molecule has 2 heterocycles. The van der Waals surface area contributed by atoms with Gasteiger partial charge in [0.05, 0.1) is 18.8 Å². The number of rotatable bonds is 4. The van der Waals surface area contributed by atoms with E-state index in [1.807, 2.05) is 6.07 Å². The van der Waals surface area contributed by atoms with Gasteiger partial charge in [-0.2, -0.15) is 5.26 Å². The highest BCUT2D eigenvalue weighted by molar-refractivity contribution is 6.13. The predicted octanol–water partition coefficient (Wildman–Crippen LogP) is 1.97. The molecule has 6 heteroatoms. The third-order valence-corrected chi connectivity index (χ3v) is 3.12. The molecule has 6 nitrogen and oxygen atoms in total. The van der Waals surface area contributed by atoms with E-state index in [2.05, 4.69) is 21.0 Å². The molecular formula is C15H11N5O. The Kier molecular flexibility index (Phi) is 3.39. The molecule has 0 atom stereocenters. The van der Waals surface area contributed by atoms with Crippen LogP contribution in [0.15, 0.2) is 43.0 Å². The number of benzene rings is 1. The number of hydrogen-bond acceptors (Lipinski definition) is 5. The second-order valence-electron chi connectivity index (χ2n) is 4.44. The fraction of sp³-hybridized carbons (Fsp3) is 0.133. The van der Waals surface area contributed by atoms with Gasteiger partial charge >= 0.3 is 0 Å². The number of fused-ring (bicyclic) bond motifs is 1. The summed E-state index contributed by atoms with van der Waals surface area (Å²) in [7, 11) is 0. The van der Waals surface area contributed by atoms with Gasteiger partial charge in [0.15, 0.2) is 5.65 Å². The Bertz CT molecular complexity index is 832. The van der Waals surface area contributed by atoms with Crippen LogP contribution in [-0.2, 0) is 6.54 Å². The van der Waals surface area contributed by atoms with Gasteiger partial charge in [0.1, 0.15) is 17.5 Å². The van der Waals surface area contributed by atoms with Gasteiger partial charge in [-0.1, -0.05) is 30.3 Å². The van der Waals surface area contributed by atoms with Crippen molar-refractivity contribution < 1.29 is 4.79 Å². The first-order valence-electron chi connectivity index (χ1n) is 6.44. The Labute approximate surface area is 120 Å². The quantitative estimate of drug-likeness (QED) is 0.681. The lowest BCUT2D eigenvalue weighted by Crippen LogP contribution is -2.06. The largest absolute Gasteiger partial charge is 0.314 e. The van der Waals surface area contributed by atoms with E-state index in [1.54, 1.807) is 35.2 Å². The molecule has 0 aliphatic rings. The summed E-state index contributed by atoms with van der Waals surface area (Å²) >= 11 is 0. The maximum absolute atomic E-state index is 12.5. The Balaban J connectivity index is 2.06. The summed E-state index contributed by atoms with van der Waals surface area (Å²) in [6, 6.07) is 11.0. The molecule has 0 saturated carbocycles. The number of ketones is 1. The normalized spacial score (nSPS) is 10.4. The summed E-state index contributed by atoms with van der Waals surface area (Å²) in [4.78, 5) is 25.0. The average Bonchev–Trinajstić information content (AvgIpc) is 2.96. The van der Waals surface area contributed by atoms with Gasteiger partial charge in [-0.15, -0.1) is 0 Å². The zero-order valence-electron chi connectivity index (χ0n) is 11.1. The Morgan fingerprint density at radius 3 is 2.76 bits per heavy atom. The van der Waals surface area contributed by atoms with E-state index >= 15 is 0 Å². The lowest BCUT2D eigenvalue weighted by atomic mass is 10.1. The van der Waals surface area contributed by atoms with Crippen LogP contribution < -0.4 is 0 Å². The smallest absolute Gasteiger partial charge is 0.213 e. The van der Waals surface area contributed by atoms with E-state index in [1.165, 1.54) is 6.33 Å². The molecule has 0 spiro atoms. The second kappa shape index (κ2) is 5.51. The van der Waals surface area contributed by atoms with Crippen LogP contribution in [0.4, 0.5) is 0 Å². The van der Waals surface area contributed by atoms with Crippen LogP contribution in [0.1, 0.15) is 22.5 Å². The van der Waals surface area contributed by atoms with Crippen molar-refractivity contribution in [1.29, 1.82) is 5.26 Å². The van der Waals surface area contributed by atoms with Gasteiger partial charge in [-0.05, 0) is 0 Å². The lowest BCUT2D eigenvalue weighted by molar-refractivity contribution is 0.103. The molecule has 0 bridgehead atoms. The molecule has 3 rings (SSSR count). The Hall–Kier alpha value is -3.07. The van der Waals surface area contributed by atoms with E-state index in [9.17, 15) is 4.79 Å². The summed E-state index contributed by atoms with van der Waals surface area (Å²) in [6.07, 6.45) is 3.29. The summed E-state index contributed by atoms with van der Waals surface area (Å²) in [5.41, 5.74) is 1.87. The molecule has 0 aliphatic carbocycles. The zero-order chi connectivity index (χ0) is 14.7. The number of carbonyl (C=O) groups excluding carboxylic acids is 1. The van der Waals surface area contributed by atoms with Gasteiger partial charge in [-0.3, -0.25) is 4.79 Å². The van der Waals surface area contributed by atoms with E-state index in [-0.39, 0.29) is 11.5 Å². The minimum absolute atomic E-state index is 0.187.